The molecule has 1 N–H and O–H groups in total. The van der Waals surface area contributed by atoms with Gasteiger partial charge in [-0.15, -0.1) is 10.2 Å². The van der Waals surface area contributed by atoms with E-state index in [-0.39, 0.29) is 17.6 Å². The summed E-state index contributed by atoms with van der Waals surface area (Å²) in [5.74, 6) is 1.66. The number of carbonyl (C=O) groups excluding carboxylic acids is 1. The van der Waals surface area contributed by atoms with Crippen molar-refractivity contribution in [2.75, 3.05) is 18.4 Å². The lowest BCUT2D eigenvalue weighted by Crippen LogP contribution is -2.40. The number of piperidine rings is 1. The van der Waals surface area contributed by atoms with E-state index in [0.29, 0.717) is 24.9 Å². The summed E-state index contributed by atoms with van der Waals surface area (Å²) in [4.78, 5) is 14.0. The van der Waals surface area contributed by atoms with Crippen LogP contribution >= 0.6 is 0 Å². The molecule has 0 radical (unpaired) electrons. The number of urea groups is 1. The number of nitrogens with zero attached hydrogens (tertiary/aromatic N) is 3. The van der Waals surface area contributed by atoms with Crippen molar-refractivity contribution in [1.82, 2.24) is 15.1 Å². The van der Waals surface area contributed by atoms with Crippen LogP contribution in [0.25, 0.3) is 0 Å². The van der Waals surface area contributed by atoms with Gasteiger partial charge in [0.1, 0.15) is 5.82 Å². The molecule has 126 valence electrons. The first-order valence-corrected chi connectivity index (χ1v) is 8.34. The number of para-hydroxylation sites is 1. The average Bonchev–Trinajstić information content (AvgIpc) is 3.34. The van der Waals surface area contributed by atoms with Gasteiger partial charge in [-0.25, -0.2) is 9.18 Å². The number of nitrogens with one attached hydrogen (secondary N) is 1. The maximum atomic E-state index is 13.6. The van der Waals surface area contributed by atoms with Crippen molar-refractivity contribution in [1.29, 1.82) is 0 Å². The second-order valence-corrected chi connectivity index (χ2v) is 6.42. The van der Waals surface area contributed by atoms with Crippen molar-refractivity contribution < 1.29 is 13.6 Å². The second-order valence-electron chi connectivity index (χ2n) is 6.42. The molecular formula is C17H19FN4O2. The van der Waals surface area contributed by atoms with Crippen molar-refractivity contribution in [3.05, 3.63) is 41.9 Å². The lowest BCUT2D eigenvalue weighted by molar-refractivity contribution is 0.189. The fourth-order valence-electron chi connectivity index (χ4n) is 2.99. The fourth-order valence-corrected chi connectivity index (χ4v) is 2.99. The number of likely N-dealkylation sites (tertiary alicyclic amines) is 1. The van der Waals surface area contributed by atoms with Crippen LogP contribution < -0.4 is 5.32 Å². The molecule has 1 saturated heterocycles. The van der Waals surface area contributed by atoms with Crippen LogP contribution in [0.2, 0.25) is 0 Å². The van der Waals surface area contributed by atoms with Gasteiger partial charge in [0.05, 0.1) is 5.69 Å². The van der Waals surface area contributed by atoms with Gasteiger partial charge in [-0.1, -0.05) is 12.1 Å². The first-order chi connectivity index (χ1) is 11.7. The molecule has 2 aromatic rings. The minimum absolute atomic E-state index is 0.197. The van der Waals surface area contributed by atoms with E-state index in [1.54, 1.807) is 23.1 Å². The Bertz CT molecular complexity index is 736. The predicted molar refractivity (Wildman–Crippen MR) is 85.2 cm³/mol. The van der Waals surface area contributed by atoms with E-state index in [4.69, 9.17) is 4.42 Å². The number of benzene rings is 1. The summed E-state index contributed by atoms with van der Waals surface area (Å²) in [6, 6.07) is 5.89. The lowest BCUT2D eigenvalue weighted by Gasteiger charge is -2.30. The van der Waals surface area contributed by atoms with Crippen LogP contribution in [0.4, 0.5) is 14.9 Å². The quantitative estimate of drug-likeness (QED) is 0.935. The van der Waals surface area contributed by atoms with Crippen LogP contribution in [0.5, 0.6) is 0 Å². The van der Waals surface area contributed by atoms with Crippen LogP contribution in [-0.4, -0.2) is 34.2 Å². The van der Waals surface area contributed by atoms with E-state index in [1.165, 1.54) is 6.07 Å². The van der Waals surface area contributed by atoms with E-state index in [9.17, 15) is 9.18 Å². The zero-order valence-corrected chi connectivity index (χ0v) is 13.2. The third kappa shape index (κ3) is 3.11. The first-order valence-electron chi connectivity index (χ1n) is 8.34. The van der Waals surface area contributed by atoms with Crippen molar-refractivity contribution in [2.24, 2.45) is 0 Å². The Morgan fingerprint density at radius 1 is 1.08 bits per heavy atom. The molecule has 1 saturated carbocycles. The Hall–Kier alpha value is -2.44. The van der Waals surface area contributed by atoms with Crippen molar-refractivity contribution >= 4 is 11.7 Å². The van der Waals surface area contributed by atoms with E-state index >= 15 is 0 Å². The molecule has 1 aliphatic heterocycles. The number of rotatable bonds is 3. The number of amides is 2. The molecule has 0 unspecified atom stereocenters. The molecule has 4 rings (SSSR count). The van der Waals surface area contributed by atoms with E-state index < -0.39 is 5.82 Å². The number of aromatic nitrogens is 2. The highest BCUT2D eigenvalue weighted by Crippen LogP contribution is 2.40. The minimum atomic E-state index is -0.431. The molecule has 7 heteroatoms. The zero-order valence-electron chi connectivity index (χ0n) is 13.2. The lowest BCUT2D eigenvalue weighted by atomic mass is 9.97. The molecule has 2 fully saturated rings. The Morgan fingerprint density at radius 3 is 2.33 bits per heavy atom. The molecule has 2 amide bonds. The van der Waals surface area contributed by atoms with Gasteiger partial charge in [-0.3, -0.25) is 0 Å². The Labute approximate surface area is 139 Å². The molecule has 0 spiro atoms. The third-order valence-corrected chi connectivity index (χ3v) is 4.63. The molecule has 2 heterocycles. The molecule has 1 aromatic heterocycles. The third-order valence-electron chi connectivity index (χ3n) is 4.63. The van der Waals surface area contributed by atoms with Crippen molar-refractivity contribution in [3.63, 3.8) is 0 Å². The average molecular weight is 330 g/mol. The summed E-state index contributed by atoms with van der Waals surface area (Å²) in [7, 11) is 0. The Kier molecular flexibility index (Phi) is 3.92. The molecule has 1 aromatic carbocycles. The predicted octanol–water partition coefficient (Wildman–Crippen LogP) is 3.50. The molecule has 24 heavy (non-hydrogen) atoms. The van der Waals surface area contributed by atoms with Crippen LogP contribution in [0.1, 0.15) is 49.3 Å². The van der Waals surface area contributed by atoms with Gasteiger partial charge in [0.2, 0.25) is 11.8 Å². The summed E-state index contributed by atoms with van der Waals surface area (Å²) >= 11 is 0. The smallest absolute Gasteiger partial charge is 0.321 e. The highest BCUT2D eigenvalue weighted by molar-refractivity contribution is 5.89. The number of halogens is 1. The fraction of sp³-hybridized carbons (Fsp3) is 0.471. The van der Waals surface area contributed by atoms with E-state index in [0.717, 1.165) is 31.6 Å². The van der Waals surface area contributed by atoms with Crippen molar-refractivity contribution in [3.8, 4) is 0 Å². The molecule has 1 aliphatic carbocycles. The number of anilines is 1. The minimum Gasteiger partial charge on any atom is -0.425 e. The van der Waals surface area contributed by atoms with Gasteiger partial charge >= 0.3 is 6.03 Å². The monoisotopic (exact) mass is 330 g/mol. The molecule has 0 atom stereocenters. The van der Waals surface area contributed by atoms with E-state index in [1.807, 2.05) is 0 Å². The van der Waals surface area contributed by atoms with Crippen molar-refractivity contribution in [2.45, 2.75) is 37.5 Å². The van der Waals surface area contributed by atoms with Gasteiger partial charge in [0.25, 0.3) is 0 Å². The Morgan fingerprint density at radius 2 is 1.71 bits per heavy atom. The van der Waals surface area contributed by atoms with Gasteiger partial charge < -0.3 is 14.6 Å². The second kappa shape index (κ2) is 6.22. The number of carbonyl (C=O) groups is 1. The normalized spacial score (nSPS) is 18.6. The highest BCUT2D eigenvalue weighted by Gasteiger charge is 2.32. The molecular weight excluding hydrogens is 311 g/mol. The first kappa shape index (κ1) is 15.1. The van der Waals surface area contributed by atoms with Crippen LogP contribution in [-0.2, 0) is 0 Å². The topological polar surface area (TPSA) is 71.3 Å². The van der Waals surface area contributed by atoms with E-state index in [2.05, 4.69) is 15.5 Å². The molecule has 2 aliphatic rings. The van der Waals surface area contributed by atoms with Gasteiger partial charge in [0, 0.05) is 24.9 Å². The Balaban J connectivity index is 1.33. The van der Waals surface area contributed by atoms with Gasteiger partial charge in [-0.2, -0.15) is 0 Å². The summed E-state index contributed by atoms with van der Waals surface area (Å²) < 4.78 is 19.4. The maximum Gasteiger partial charge on any atom is 0.321 e. The van der Waals surface area contributed by atoms with Crippen LogP contribution in [0.3, 0.4) is 0 Å². The summed E-state index contributed by atoms with van der Waals surface area (Å²) in [6.07, 6.45) is 3.82. The summed E-state index contributed by atoms with van der Waals surface area (Å²) in [5.41, 5.74) is 0.204. The number of hydrogen-bond acceptors (Lipinski definition) is 4. The zero-order chi connectivity index (χ0) is 16.5. The number of hydrogen-bond donors (Lipinski definition) is 1. The van der Waals surface area contributed by atoms with Gasteiger partial charge in [-0.05, 0) is 37.8 Å². The van der Waals surface area contributed by atoms with Gasteiger partial charge in [0.15, 0.2) is 0 Å². The SMILES string of the molecule is O=C(Nc1ccccc1F)N1CCC(c2nnc(C3CC3)o2)CC1. The summed E-state index contributed by atoms with van der Waals surface area (Å²) in [6.45, 7) is 1.18. The maximum absolute atomic E-state index is 13.6. The largest absolute Gasteiger partial charge is 0.425 e. The van der Waals surface area contributed by atoms with Crippen LogP contribution in [0, 0.1) is 5.82 Å². The van der Waals surface area contributed by atoms with Crippen LogP contribution in [0.15, 0.2) is 28.7 Å². The molecule has 0 bridgehead atoms. The molecule has 6 nitrogen and oxygen atoms in total. The summed E-state index contributed by atoms with van der Waals surface area (Å²) in [5, 5.41) is 10.9. The standard InChI is InChI=1S/C17H19FN4O2/c18-13-3-1-2-4-14(13)19-17(23)22-9-7-12(8-10-22)16-21-20-15(24-16)11-5-6-11/h1-4,11-12H,5-10H2,(H,19,23). The highest BCUT2D eigenvalue weighted by atomic mass is 19.1.